The number of nitrogens with one attached hydrogen (secondary N) is 2. The summed E-state index contributed by atoms with van der Waals surface area (Å²) in [5.74, 6) is 1.09. The molecular weight excluding hydrogens is 226 g/mol. The number of likely N-dealkylation sites (tertiary alicyclic amines) is 1. The van der Waals surface area contributed by atoms with Gasteiger partial charge in [-0.2, -0.15) is 0 Å². The number of carbonyl (C=O) groups is 1. The Hall–Kier alpha value is -0.610. The van der Waals surface area contributed by atoms with Gasteiger partial charge >= 0.3 is 0 Å². The molecule has 1 atom stereocenters. The van der Waals surface area contributed by atoms with E-state index >= 15 is 0 Å². The number of rotatable bonds is 5. The van der Waals surface area contributed by atoms with Crippen molar-refractivity contribution >= 4 is 5.91 Å². The number of hydrogen-bond donors (Lipinski definition) is 2. The third-order valence-electron chi connectivity index (χ3n) is 4.20. The van der Waals surface area contributed by atoms with Crippen LogP contribution in [0.1, 0.15) is 39.0 Å². The van der Waals surface area contributed by atoms with Gasteiger partial charge in [-0.1, -0.05) is 6.92 Å². The summed E-state index contributed by atoms with van der Waals surface area (Å²) in [6.07, 6.45) is 5.86. The monoisotopic (exact) mass is 253 g/mol. The van der Waals surface area contributed by atoms with Crippen LogP contribution in [0.5, 0.6) is 0 Å². The molecule has 0 bridgehead atoms. The predicted octanol–water partition coefficient (Wildman–Crippen LogP) is 0.977. The molecule has 4 nitrogen and oxygen atoms in total. The van der Waals surface area contributed by atoms with Gasteiger partial charge in [-0.25, -0.2) is 0 Å². The Labute approximate surface area is 110 Å². The summed E-state index contributed by atoms with van der Waals surface area (Å²) in [4.78, 5) is 14.3. The molecule has 0 aromatic rings. The third-order valence-corrected chi connectivity index (χ3v) is 4.20. The van der Waals surface area contributed by atoms with Crippen molar-refractivity contribution in [2.45, 2.75) is 45.1 Å². The molecular formula is C14H27N3O. The van der Waals surface area contributed by atoms with Crippen LogP contribution in [0.25, 0.3) is 0 Å². The first-order valence-corrected chi connectivity index (χ1v) is 7.49. The summed E-state index contributed by atoms with van der Waals surface area (Å²) in [6.45, 7) is 7.75. The van der Waals surface area contributed by atoms with Gasteiger partial charge in [-0.05, 0) is 64.2 Å². The second kappa shape index (κ2) is 7.10. The number of hydrogen-bond acceptors (Lipinski definition) is 3. The fourth-order valence-electron chi connectivity index (χ4n) is 2.83. The Morgan fingerprint density at radius 1 is 1.33 bits per heavy atom. The minimum absolute atomic E-state index is 0.0702. The molecule has 0 aromatic heterocycles. The molecule has 2 aliphatic rings. The summed E-state index contributed by atoms with van der Waals surface area (Å²) in [6, 6.07) is 0.0702. The molecule has 1 amide bonds. The lowest BCUT2D eigenvalue weighted by molar-refractivity contribution is -0.122. The molecule has 2 saturated heterocycles. The number of amides is 1. The van der Waals surface area contributed by atoms with Crippen LogP contribution >= 0.6 is 0 Å². The van der Waals surface area contributed by atoms with Gasteiger partial charge in [-0.3, -0.25) is 4.79 Å². The first kappa shape index (κ1) is 13.8. The lowest BCUT2D eigenvalue weighted by Gasteiger charge is -2.30. The van der Waals surface area contributed by atoms with E-state index in [0.29, 0.717) is 0 Å². The molecule has 2 rings (SSSR count). The molecule has 0 radical (unpaired) electrons. The number of carbonyl (C=O) groups excluding carboxylic acids is 1. The van der Waals surface area contributed by atoms with E-state index in [1.54, 1.807) is 0 Å². The van der Waals surface area contributed by atoms with Gasteiger partial charge in [0.2, 0.25) is 5.91 Å². The van der Waals surface area contributed by atoms with Crippen molar-refractivity contribution in [2.24, 2.45) is 5.92 Å². The Kier molecular flexibility index (Phi) is 5.45. The molecule has 0 aliphatic carbocycles. The molecule has 0 unspecified atom stereocenters. The van der Waals surface area contributed by atoms with Crippen molar-refractivity contribution in [3.63, 3.8) is 0 Å². The highest BCUT2D eigenvalue weighted by Gasteiger charge is 2.21. The molecule has 0 saturated carbocycles. The van der Waals surface area contributed by atoms with E-state index in [1.807, 2.05) is 0 Å². The fourth-order valence-corrected chi connectivity index (χ4v) is 2.83. The fraction of sp³-hybridized carbons (Fsp3) is 0.929. The quantitative estimate of drug-likeness (QED) is 0.718. The molecule has 0 spiro atoms. The summed E-state index contributed by atoms with van der Waals surface area (Å²) in [7, 11) is 0. The average Bonchev–Trinajstić information content (AvgIpc) is 2.90. The van der Waals surface area contributed by atoms with Crippen molar-refractivity contribution in [3.05, 3.63) is 0 Å². The second-order valence-corrected chi connectivity index (χ2v) is 5.82. The van der Waals surface area contributed by atoms with Crippen molar-refractivity contribution in [3.8, 4) is 0 Å². The van der Waals surface area contributed by atoms with Gasteiger partial charge in [-0.15, -0.1) is 0 Å². The molecule has 104 valence electrons. The normalized spacial score (nSPS) is 26.4. The van der Waals surface area contributed by atoms with Crippen molar-refractivity contribution in [2.75, 3.05) is 32.7 Å². The van der Waals surface area contributed by atoms with Crippen molar-refractivity contribution in [1.82, 2.24) is 15.5 Å². The highest BCUT2D eigenvalue weighted by Crippen LogP contribution is 2.15. The maximum Gasteiger partial charge on any atom is 0.237 e. The van der Waals surface area contributed by atoms with Crippen molar-refractivity contribution < 1.29 is 4.79 Å². The highest BCUT2D eigenvalue weighted by molar-refractivity contribution is 5.81. The summed E-state index contributed by atoms with van der Waals surface area (Å²) in [5, 5.41) is 6.27. The number of piperidine rings is 1. The topological polar surface area (TPSA) is 44.4 Å². The average molecular weight is 253 g/mol. The van der Waals surface area contributed by atoms with Gasteiger partial charge in [0.1, 0.15) is 0 Å². The summed E-state index contributed by atoms with van der Waals surface area (Å²) >= 11 is 0. The zero-order valence-corrected chi connectivity index (χ0v) is 11.6. The van der Waals surface area contributed by atoms with Gasteiger partial charge in [0.05, 0.1) is 6.04 Å². The van der Waals surface area contributed by atoms with E-state index in [0.717, 1.165) is 44.8 Å². The smallest absolute Gasteiger partial charge is 0.237 e. The first-order valence-electron chi connectivity index (χ1n) is 7.49. The van der Waals surface area contributed by atoms with Crippen molar-refractivity contribution in [1.29, 1.82) is 0 Å². The molecule has 4 heteroatoms. The molecule has 0 aromatic carbocycles. The second-order valence-electron chi connectivity index (χ2n) is 5.82. The minimum atomic E-state index is 0.0702. The van der Waals surface area contributed by atoms with Gasteiger partial charge in [0.25, 0.3) is 0 Å². The van der Waals surface area contributed by atoms with E-state index in [-0.39, 0.29) is 11.9 Å². The minimum Gasteiger partial charge on any atom is -0.355 e. The van der Waals surface area contributed by atoms with Crippen LogP contribution in [0, 0.1) is 5.92 Å². The largest absolute Gasteiger partial charge is 0.355 e. The maximum atomic E-state index is 11.8. The Bertz CT molecular complexity index is 256. The Balaban J connectivity index is 1.51. The molecule has 2 fully saturated rings. The van der Waals surface area contributed by atoms with Crippen LogP contribution in [-0.2, 0) is 4.79 Å². The third kappa shape index (κ3) is 4.25. The molecule has 2 aliphatic heterocycles. The SMILES string of the molecule is CC1CCN(CCCNC(=O)[C@@H]2CCCN2)CC1. The number of nitrogens with zero attached hydrogens (tertiary/aromatic N) is 1. The summed E-state index contributed by atoms with van der Waals surface area (Å²) < 4.78 is 0. The zero-order valence-electron chi connectivity index (χ0n) is 11.6. The van der Waals surface area contributed by atoms with Gasteiger partial charge in [0, 0.05) is 6.54 Å². The lowest BCUT2D eigenvalue weighted by atomic mass is 9.99. The maximum absolute atomic E-state index is 11.8. The Morgan fingerprint density at radius 2 is 2.11 bits per heavy atom. The zero-order chi connectivity index (χ0) is 12.8. The molecule has 2 N–H and O–H groups in total. The molecule has 18 heavy (non-hydrogen) atoms. The van der Waals surface area contributed by atoms with Crippen LogP contribution < -0.4 is 10.6 Å². The summed E-state index contributed by atoms with van der Waals surface area (Å²) in [5.41, 5.74) is 0. The van der Waals surface area contributed by atoms with Gasteiger partial charge in [0.15, 0.2) is 0 Å². The standard InChI is InChI=1S/C14H27N3O/c1-12-5-10-17(11-6-12)9-3-8-16-14(18)13-4-2-7-15-13/h12-13,15H,2-11H2,1H3,(H,16,18)/t13-/m0/s1. The van der Waals surface area contributed by atoms with E-state index in [1.165, 1.54) is 25.9 Å². The van der Waals surface area contributed by atoms with Crippen LogP contribution in [0.2, 0.25) is 0 Å². The van der Waals surface area contributed by atoms with E-state index in [9.17, 15) is 4.79 Å². The van der Waals surface area contributed by atoms with Gasteiger partial charge < -0.3 is 15.5 Å². The molecule has 2 heterocycles. The van der Waals surface area contributed by atoms with Crippen LogP contribution in [0.15, 0.2) is 0 Å². The van der Waals surface area contributed by atoms with Crippen LogP contribution in [0.3, 0.4) is 0 Å². The van der Waals surface area contributed by atoms with Crippen LogP contribution in [0.4, 0.5) is 0 Å². The van der Waals surface area contributed by atoms with Crippen LogP contribution in [-0.4, -0.2) is 49.6 Å². The van der Waals surface area contributed by atoms with E-state index in [2.05, 4.69) is 22.5 Å². The predicted molar refractivity (Wildman–Crippen MR) is 73.5 cm³/mol. The van der Waals surface area contributed by atoms with E-state index in [4.69, 9.17) is 0 Å². The first-order chi connectivity index (χ1) is 8.75. The lowest BCUT2D eigenvalue weighted by Crippen LogP contribution is -2.41. The highest BCUT2D eigenvalue weighted by atomic mass is 16.2. The Morgan fingerprint density at radius 3 is 2.78 bits per heavy atom. The van der Waals surface area contributed by atoms with E-state index < -0.39 is 0 Å².